The van der Waals surface area contributed by atoms with Gasteiger partial charge in [0.05, 0.1) is 12.3 Å². The SMILES string of the molecule is CCOc1cc(CC)cc(C(Nc2ccc3c(N)nccc3c2)c2nc(-c3cccnc3)cn2CC(=O)O)c1F. The van der Waals surface area contributed by atoms with Gasteiger partial charge in [0.25, 0.3) is 0 Å². The van der Waals surface area contributed by atoms with Gasteiger partial charge >= 0.3 is 5.97 Å². The van der Waals surface area contributed by atoms with E-state index in [1.54, 1.807) is 49.9 Å². The number of nitrogen functional groups attached to an aromatic ring is 1. The molecule has 0 saturated carbocycles. The number of nitrogens with two attached hydrogens (primary N) is 1. The number of anilines is 2. The number of carboxylic acids is 1. The first-order valence-electron chi connectivity index (χ1n) is 12.9. The molecule has 0 aliphatic carbocycles. The van der Waals surface area contributed by atoms with Crippen LogP contribution in [0.1, 0.15) is 36.8 Å². The smallest absolute Gasteiger partial charge is 0.323 e. The number of carboxylic acid groups (broad SMARTS) is 1. The summed E-state index contributed by atoms with van der Waals surface area (Å²) in [6.45, 7) is 3.69. The van der Waals surface area contributed by atoms with Crippen molar-refractivity contribution in [3.63, 3.8) is 0 Å². The first-order valence-corrected chi connectivity index (χ1v) is 12.9. The monoisotopic (exact) mass is 540 g/mol. The zero-order valence-corrected chi connectivity index (χ0v) is 22.1. The molecule has 0 spiro atoms. The summed E-state index contributed by atoms with van der Waals surface area (Å²) in [6.07, 6.45) is 7.20. The van der Waals surface area contributed by atoms with E-state index in [-0.39, 0.29) is 17.9 Å². The lowest BCUT2D eigenvalue weighted by Crippen LogP contribution is -2.21. The van der Waals surface area contributed by atoms with Gasteiger partial charge in [-0.1, -0.05) is 13.0 Å². The second kappa shape index (κ2) is 11.4. The predicted octanol–water partition coefficient (Wildman–Crippen LogP) is 5.46. The maximum absolute atomic E-state index is 16.1. The van der Waals surface area contributed by atoms with Gasteiger partial charge in [-0.3, -0.25) is 9.78 Å². The van der Waals surface area contributed by atoms with Gasteiger partial charge in [-0.05, 0) is 66.8 Å². The Morgan fingerprint density at radius 1 is 1.18 bits per heavy atom. The third-order valence-corrected chi connectivity index (χ3v) is 6.58. The molecule has 2 aromatic carbocycles. The third kappa shape index (κ3) is 5.42. The molecule has 10 heteroatoms. The molecular weight excluding hydrogens is 511 g/mol. The molecule has 3 aromatic heterocycles. The van der Waals surface area contributed by atoms with Crippen molar-refractivity contribution in [3.8, 4) is 17.0 Å². The summed E-state index contributed by atoms with van der Waals surface area (Å²) in [4.78, 5) is 25.0. The Kier molecular flexibility index (Phi) is 7.59. The molecule has 1 atom stereocenters. The number of halogens is 1. The first-order chi connectivity index (χ1) is 19.4. The maximum atomic E-state index is 16.1. The van der Waals surface area contributed by atoms with Gasteiger partial charge in [-0.15, -0.1) is 0 Å². The van der Waals surface area contributed by atoms with E-state index in [0.717, 1.165) is 16.3 Å². The molecule has 5 rings (SSSR count). The van der Waals surface area contributed by atoms with Crippen molar-refractivity contribution >= 4 is 28.2 Å². The Morgan fingerprint density at radius 2 is 2.02 bits per heavy atom. The van der Waals surface area contributed by atoms with Crippen molar-refractivity contribution in [2.24, 2.45) is 0 Å². The van der Waals surface area contributed by atoms with Gasteiger partial charge in [0.2, 0.25) is 0 Å². The highest BCUT2D eigenvalue weighted by Gasteiger charge is 2.28. The quantitative estimate of drug-likeness (QED) is 0.213. The molecule has 40 heavy (non-hydrogen) atoms. The molecule has 3 heterocycles. The number of hydrogen-bond donors (Lipinski definition) is 3. The summed E-state index contributed by atoms with van der Waals surface area (Å²) in [7, 11) is 0. The number of nitrogens with zero attached hydrogens (tertiary/aromatic N) is 4. The fraction of sp³-hybridized carbons (Fsp3) is 0.200. The second-order valence-electron chi connectivity index (χ2n) is 9.24. The lowest BCUT2D eigenvalue weighted by molar-refractivity contribution is -0.137. The summed E-state index contributed by atoms with van der Waals surface area (Å²) < 4.78 is 23.3. The molecular formula is C30H29FN6O3. The van der Waals surface area contributed by atoms with Crippen molar-refractivity contribution < 1.29 is 19.0 Å². The van der Waals surface area contributed by atoms with Crippen molar-refractivity contribution in [1.82, 2.24) is 19.5 Å². The van der Waals surface area contributed by atoms with E-state index in [2.05, 4.69) is 15.3 Å². The van der Waals surface area contributed by atoms with Gasteiger partial charge < -0.3 is 25.5 Å². The van der Waals surface area contributed by atoms with Crippen LogP contribution >= 0.6 is 0 Å². The number of aromatic nitrogens is 4. The van der Waals surface area contributed by atoms with E-state index < -0.39 is 17.8 Å². The fourth-order valence-corrected chi connectivity index (χ4v) is 4.68. The fourth-order valence-electron chi connectivity index (χ4n) is 4.68. The van der Waals surface area contributed by atoms with Gasteiger partial charge in [-0.2, -0.15) is 0 Å². The molecule has 0 aliphatic rings. The number of rotatable bonds is 10. The molecule has 4 N–H and O–H groups in total. The lowest BCUT2D eigenvalue weighted by atomic mass is 9.99. The van der Waals surface area contributed by atoms with E-state index in [9.17, 15) is 9.90 Å². The minimum absolute atomic E-state index is 0.129. The highest BCUT2D eigenvalue weighted by atomic mass is 19.1. The van der Waals surface area contributed by atoms with Crippen LogP contribution < -0.4 is 15.8 Å². The normalized spacial score (nSPS) is 11.9. The maximum Gasteiger partial charge on any atom is 0.323 e. The average Bonchev–Trinajstić information content (AvgIpc) is 3.36. The third-order valence-electron chi connectivity index (χ3n) is 6.58. The van der Waals surface area contributed by atoms with E-state index in [0.29, 0.717) is 41.6 Å². The Bertz CT molecular complexity index is 1670. The number of nitrogens with one attached hydrogen (secondary N) is 1. The zero-order chi connectivity index (χ0) is 28.2. The number of aryl methyl sites for hydroxylation is 1. The van der Waals surface area contributed by atoms with Crippen molar-refractivity contribution in [3.05, 3.63) is 96.1 Å². The van der Waals surface area contributed by atoms with Crippen LogP contribution in [0.2, 0.25) is 0 Å². The summed E-state index contributed by atoms with van der Waals surface area (Å²) in [5, 5.41) is 14.8. The molecule has 204 valence electrons. The standard InChI is InChI=1S/C30H29FN6O3/c1-3-18-12-23(27(31)25(13-18)40-4-2)28(35-21-7-8-22-19(14-21)9-11-34-29(22)32)30-36-24(16-37(30)17-26(38)39)20-6-5-10-33-15-20/h5-16,28,35H,3-4,17H2,1-2H3,(H2,32,34)(H,38,39). The molecule has 0 fully saturated rings. The highest BCUT2D eigenvalue weighted by Crippen LogP contribution is 2.35. The number of benzene rings is 2. The number of imidazole rings is 1. The van der Waals surface area contributed by atoms with E-state index in [4.69, 9.17) is 15.5 Å². The van der Waals surface area contributed by atoms with Crippen molar-refractivity contribution in [1.29, 1.82) is 0 Å². The molecule has 1 unspecified atom stereocenters. The predicted molar refractivity (Wildman–Crippen MR) is 152 cm³/mol. The Labute approximate surface area is 230 Å². The van der Waals surface area contributed by atoms with Gasteiger partial charge in [0, 0.05) is 47.0 Å². The molecule has 0 aliphatic heterocycles. The van der Waals surface area contributed by atoms with Crippen molar-refractivity contribution in [2.45, 2.75) is 32.9 Å². The molecule has 0 saturated heterocycles. The first kappa shape index (κ1) is 26.6. The minimum atomic E-state index is -1.05. The van der Waals surface area contributed by atoms with E-state index in [1.165, 1.54) is 4.57 Å². The molecule has 0 bridgehead atoms. The van der Waals surface area contributed by atoms with E-state index in [1.807, 2.05) is 37.3 Å². The van der Waals surface area contributed by atoms with Crippen LogP contribution in [0.5, 0.6) is 5.75 Å². The van der Waals surface area contributed by atoms with Crippen LogP contribution in [0.25, 0.3) is 22.0 Å². The number of hydrogen-bond acceptors (Lipinski definition) is 7. The minimum Gasteiger partial charge on any atom is -0.491 e. The summed E-state index contributed by atoms with van der Waals surface area (Å²) >= 11 is 0. The summed E-state index contributed by atoms with van der Waals surface area (Å²) in [5.74, 6) is -0.739. The Hall–Kier alpha value is -4.99. The number of fused-ring (bicyclic) bond motifs is 1. The van der Waals surface area contributed by atoms with Gasteiger partial charge in [0.15, 0.2) is 11.6 Å². The molecule has 9 nitrogen and oxygen atoms in total. The zero-order valence-electron chi connectivity index (χ0n) is 22.1. The Balaban J connectivity index is 1.71. The Morgan fingerprint density at radius 3 is 2.75 bits per heavy atom. The van der Waals surface area contributed by atoms with Crippen LogP contribution in [-0.2, 0) is 17.8 Å². The molecule has 5 aromatic rings. The average molecular weight is 541 g/mol. The molecule has 0 radical (unpaired) electrons. The lowest BCUT2D eigenvalue weighted by Gasteiger charge is -2.23. The summed E-state index contributed by atoms with van der Waals surface area (Å²) in [5.41, 5.74) is 9.08. The molecule has 0 amide bonds. The van der Waals surface area contributed by atoms with Gasteiger partial charge in [0.1, 0.15) is 24.2 Å². The van der Waals surface area contributed by atoms with Crippen LogP contribution in [0.4, 0.5) is 15.9 Å². The van der Waals surface area contributed by atoms with Crippen LogP contribution in [0, 0.1) is 5.82 Å². The number of ether oxygens (including phenoxy) is 1. The second-order valence-corrected chi connectivity index (χ2v) is 9.24. The van der Waals surface area contributed by atoms with Crippen molar-refractivity contribution in [2.75, 3.05) is 17.7 Å². The van der Waals surface area contributed by atoms with Crippen LogP contribution in [0.15, 0.2) is 73.3 Å². The van der Waals surface area contributed by atoms with Crippen LogP contribution in [0.3, 0.4) is 0 Å². The number of pyridine rings is 2. The van der Waals surface area contributed by atoms with Crippen LogP contribution in [-0.4, -0.2) is 37.2 Å². The van der Waals surface area contributed by atoms with E-state index >= 15 is 4.39 Å². The number of carbonyl (C=O) groups is 1. The van der Waals surface area contributed by atoms with Gasteiger partial charge in [-0.25, -0.2) is 14.4 Å². The number of aliphatic carboxylic acids is 1. The summed E-state index contributed by atoms with van der Waals surface area (Å²) in [6, 6.07) is 13.6. The largest absolute Gasteiger partial charge is 0.491 e. The highest BCUT2D eigenvalue weighted by molar-refractivity contribution is 5.93. The topological polar surface area (TPSA) is 128 Å².